The Labute approximate surface area is 145 Å². The van der Waals surface area contributed by atoms with Crippen LogP contribution in [0.15, 0.2) is 35.3 Å². The summed E-state index contributed by atoms with van der Waals surface area (Å²) in [6, 6.07) is 4.78. The summed E-state index contributed by atoms with van der Waals surface area (Å²) < 4.78 is 66.7. The number of nitrogens with one attached hydrogen (secondary N) is 2. The molecule has 1 aromatic carbocycles. The zero-order valence-corrected chi connectivity index (χ0v) is 14.3. The summed E-state index contributed by atoms with van der Waals surface area (Å²) in [5.41, 5.74) is -4.83. The van der Waals surface area contributed by atoms with E-state index in [4.69, 9.17) is 11.6 Å². The molecule has 0 spiro atoms. The van der Waals surface area contributed by atoms with Crippen molar-refractivity contribution in [3.05, 3.63) is 57.0 Å². The highest BCUT2D eigenvalue weighted by molar-refractivity contribution is 7.90. The second kappa shape index (κ2) is 5.50. The summed E-state index contributed by atoms with van der Waals surface area (Å²) >= 11 is 5.87. The first-order chi connectivity index (χ1) is 11.5. The number of alkyl halides is 3. The first-order valence-electron chi connectivity index (χ1n) is 6.99. The number of pyridine rings is 1. The molecular weight excluding hydrogens is 381 g/mol. The van der Waals surface area contributed by atoms with E-state index in [-0.39, 0.29) is 22.0 Å². The molecule has 0 amide bonds. The van der Waals surface area contributed by atoms with E-state index in [2.05, 4.69) is 10.3 Å². The Kier molecular flexibility index (Phi) is 3.92. The molecule has 0 bridgehead atoms. The van der Waals surface area contributed by atoms with Crippen molar-refractivity contribution in [2.75, 3.05) is 17.3 Å². The van der Waals surface area contributed by atoms with E-state index in [1.165, 1.54) is 12.1 Å². The molecule has 0 saturated heterocycles. The van der Waals surface area contributed by atoms with Gasteiger partial charge in [-0.25, -0.2) is 8.42 Å². The van der Waals surface area contributed by atoms with Gasteiger partial charge in [0.1, 0.15) is 20.9 Å². The van der Waals surface area contributed by atoms with Crippen LogP contribution in [-0.4, -0.2) is 31.6 Å². The van der Waals surface area contributed by atoms with E-state index in [9.17, 15) is 26.4 Å². The van der Waals surface area contributed by atoms with E-state index in [1.807, 2.05) is 0 Å². The van der Waals surface area contributed by atoms with Gasteiger partial charge in [0.2, 0.25) is 0 Å². The summed E-state index contributed by atoms with van der Waals surface area (Å²) in [6.07, 6.45) is -3.21. The van der Waals surface area contributed by atoms with Crippen molar-refractivity contribution in [3.63, 3.8) is 0 Å². The molecule has 2 aromatic rings. The third-order valence-corrected chi connectivity index (χ3v) is 5.28. The van der Waals surface area contributed by atoms with Gasteiger partial charge in [-0.2, -0.15) is 13.2 Å². The van der Waals surface area contributed by atoms with Gasteiger partial charge in [-0.1, -0.05) is 11.6 Å². The van der Waals surface area contributed by atoms with Crippen LogP contribution < -0.4 is 10.9 Å². The fourth-order valence-corrected chi connectivity index (χ4v) is 4.59. The SMILES string of the molecule is CS(=O)(=O)CC1(C(F)(F)F)c2cc(Cl)ccc2Nc2c1cc[nH]c2=O. The Bertz CT molecular complexity index is 1020. The summed E-state index contributed by atoms with van der Waals surface area (Å²) in [5.74, 6) is -1.24. The molecule has 1 aliphatic heterocycles. The van der Waals surface area contributed by atoms with E-state index < -0.39 is 38.3 Å². The predicted molar refractivity (Wildman–Crippen MR) is 88.3 cm³/mol. The van der Waals surface area contributed by atoms with Gasteiger partial charge in [-0.3, -0.25) is 4.79 Å². The van der Waals surface area contributed by atoms with Gasteiger partial charge in [0.25, 0.3) is 5.56 Å². The first kappa shape index (κ1) is 17.8. The molecule has 1 aliphatic rings. The summed E-state index contributed by atoms with van der Waals surface area (Å²) in [4.78, 5) is 14.4. The van der Waals surface area contributed by atoms with Gasteiger partial charge in [0.05, 0.1) is 5.75 Å². The maximum Gasteiger partial charge on any atom is 0.403 e. The molecule has 2 heterocycles. The standard InChI is InChI=1S/C15H12ClF3N2O3S/c1-25(23,24)7-14(15(17,18)19)9-4-5-20-13(22)12(9)21-11-3-2-8(16)6-10(11)14/h2-6,21H,7H2,1H3,(H,20,22). The molecule has 2 N–H and O–H groups in total. The lowest BCUT2D eigenvalue weighted by Gasteiger charge is -2.41. The lowest BCUT2D eigenvalue weighted by molar-refractivity contribution is -0.171. The molecule has 5 nitrogen and oxygen atoms in total. The Balaban J connectivity index is 2.50. The molecule has 0 radical (unpaired) electrons. The third-order valence-electron chi connectivity index (χ3n) is 4.08. The van der Waals surface area contributed by atoms with Crippen LogP contribution in [0.3, 0.4) is 0 Å². The van der Waals surface area contributed by atoms with E-state index in [0.717, 1.165) is 24.6 Å². The summed E-state index contributed by atoms with van der Waals surface area (Å²) in [7, 11) is -4.08. The zero-order valence-electron chi connectivity index (χ0n) is 12.7. The molecule has 1 unspecified atom stereocenters. The minimum Gasteiger partial charge on any atom is -0.351 e. The number of hydrogen-bond acceptors (Lipinski definition) is 4. The molecule has 10 heteroatoms. The number of anilines is 2. The second-order valence-electron chi connectivity index (χ2n) is 5.88. The largest absolute Gasteiger partial charge is 0.403 e. The molecule has 1 atom stereocenters. The van der Waals surface area contributed by atoms with E-state index >= 15 is 0 Å². The van der Waals surface area contributed by atoms with Gasteiger partial charge < -0.3 is 10.3 Å². The molecule has 134 valence electrons. The Morgan fingerprint density at radius 1 is 1.20 bits per heavy atom. The smallest absolute Gasteiger partial charge is 0.351 e. The van der Waals surface area contributed by atoms with Crippen LogP contribution in [0.25, 0.3) is 0 Å². The predicted octanol–water partition coefficient (Wildman–Crippen LogP) is 2.98. The maximum atomic E-state index is 14.3. The number of halogens is 4. The summed E-state index contributed by atoms with van der Waals surface area (Å²) in [5, 5.41) is 2.68. The number of aromatic amines is 1. The van der Waals surface area contributed by atoms with Crippen molar-refractivity contribution >= 4 is 32.8 Å². The maximum absolute atomic E-state index is 14.3. The number of aromatic nitrogens is 1. The lowest BCUT2D eigenvalue weighted by atomic mass is 9.72. The summed E-state index contributed by atoms with van der Waals surface area (Å²) in [6.45, 7) is 0. The number of benzene rings is 1. The van der Waals surface area contributed by atoms with Crippen molar-refractivity contribution in [1.29, 1.82) is 0 Å². The number of H-pyrrole nitrogens is 1. The van der Waals surface area contributed by atoms with Crippen LogP contribution in [0.4, 0.5) is 24.5 Å². The van der Waals surface area contributed by atoms with Gasteiger partial charge in [0, 0.05) is 28.7 Å². The Hall–Kier alpha value is -2.00. The second-order valence-corrected chi connectivity index (χ2v) is 8.46. The minimum atomic E-state index is -4.99. The van der Waals surface area contributed by atoms with Crippen LogP contribution in [0.5, 0.6) is 0 Å². The first-order valence-corrected chi connectivity index (χ1v) is 9.43. The monoisotopic (exact) mass is 392 g/mol. The van der Waals surface area contributed by atoms with E-state index in [0.29, 0.717) is 0 Å². The average Bonchev–Trinajstić information content (AvgIpc) is 2.46. The molecule has 0 fully saturated rings. The van der Waals surface area contributed by atoms with Crippen LogP contribution in [-0.2, 0) is 15.3 Å². The molecule has 0 saturated carbocycles. The molecule has 1 aromatic heterocycles. The van der Waals surface area contributed by atoms with Crippen molar-refractivity contribution in [3.8, 4) is 0 Å². The van der Waals surface area contributed by atoms with Crippen LogP contribution in [0, 0.1) is 0 Å². The Morgan fingerprint density at radius 2 is 1.88 bits per heavy atom. The van der Waals surface area contributed by atoms with Gasteiger partial charge in [0.15, 0.2) is 0 Å². The number of fused-ring (bicyclic) bond motifs is 2. The van der Waals surface area contributed by atoms with Crippen LogP contribution in [0.1, 0.15) is 11.1 Å². The molecular formula is C15H12ClF3N2O3S. The number of sulfone groups is 1. The van der Waals surface area contributed by atoms with Gasteiger partial charge in [-0.05, 0) is 29.8 Å². The van der Waals surface area contributed by atoms with E-state index in [1.54, 1.807) is 0 Å². The average molecular weight is 393 g/mol. The molecule has 25 heavy (non-hydrogen) atoms. The van der Waals surface area contributed by atoms with Gasteiger partial charge >= 0.3 is 6.18 Å². The minimum absolute atomic E-state index is 0.0189. The number of hydrogen-bond donors (Lipinski definition) is 2. The van der Waals surface area contributed by atoms with Crippen molar-refractivity contribution in [1.82, 2.24) is 4.98 Å². The van der Waals surface area contributed by atoms with Crippen molar-refractivity contribution in [2.24, 2.45) is 0 Å². The topological polar surface area (TPSA) is 79.0 Å². The Morgan fingerprint density at radius 3 is 2.48 bits per heavy atom. The fraction of sp³-hybridized carbons (Fsp3) is 0.267. The van der Waals surface area contributed by atoms with Crippen molar-refractivity contribution < 1.29 is 21.6 Å². The quantitative estimate of drug-likeness (QED) is 0.823. The highest BCUT2D eigenvalue weighted by Gasteiger charge is 2.62. The molecule has 0 aliphatic carbocycles. The lowest BCUT2D eigenvalue weighted by Crippen LogP contribution is -2.51. The van der Waals surface area contributed by atoms with Crippen LogP contribution >= 0.6 is 11.6 Å². The normalized spacial score (nSPS) is 19.7. The zero-order chi connectivity index (χ0) is 18.6. The highest BCUT2D eigenvalue weighted by atomic mass is 35.5. The fourth-order valence-electron chi connectivity index (χ4n) is 3.15. The van der Waals surface area contributed by atoms with Gasteiger partial charge in [-0.15, -0.1) is 0 Å². The third kappa shape index (κ3) is 2.81. The molecule has 3 rings (SSSR count). The van der Waals surface area contributed by atoms with Crippen molar-refractivity contribution in [2.45, 2.75) is 11.6 Å². The number of rotatable bonds is 2. The van der Waals surface area contributed by atoms with Crippen LogP contribution in [0.2, 0.25) is 5.02 Å². The highest BCUT2D eigenvalue weighted by Crippen LogP contribution is 2.54.